The Labute approximate surface area is 116 Å². The number of aromatic nitrogens is 1. The minimum absolute atomic E-state index is 0.687. The van der Waals surface area contributed by atoms with E-state index in [1.165, 1.54) is 16.2 Å². The molecule has 0 radical (unpaired) electrons. The van der Waals surface area contributed by atoms with Gasteiger partial charge >= 0.3 is 0 Å². The second-order valence-electron chi connectivity index (χ2n) is 3.68. The van der Waals surface area contributed by atoms with E-state index < -0.39 is 0 Å². The zero-order valence-electron chi connectivity index (χ0n) is 9.22. The molecule has 0 aliphatic carbocycles. The van der Waals surface area contributed by atoms with Gasteiger partial charge in [0.15, 0.2) is 6.29 Å². The summed E-state index contributed by atoms with van der Waals surface area (Å²) in [5.74, 6) is 0. The average molecular weight is 331 g/mol. The topological polar surface area (TPSA) is 33.2 Å². The van der Waals surface area contributed by atoms with Gasteiger partial charge in [0.25, 0.3) is 0 Å². The van der Waals surface area contributed by atoms with Crippen molar-refractivity contribution in [2.45, 2.75) is 13.1 Å². The lowest BCUT2D eigenvalue weighted by Gasteiger charge is -2.13. The molecular weight excluding hydrogens is 320 g/mol. The van der Waals surface area contributed by atoms with Crippen molar-refractivity contribution in [3.8, 4) is 0 Å². The van der Waals surface area contributed by atoms with Gasteiger partial charge in [-0.15, -0.1) is 22.7 Å². The van der Waals surface area contributed by atoms with E-state index in [2.05, 4.69) is 44.3 Å². The Balaban J connectivity index is 1.92. The monoisotopic (exact) mass is 330 g/mol. The molecule has 0 atom stereocenters. The number of hydrogen-bond acceptors (Lipinski definition) is 5. The van der Waals surface area contributed by atoms with Crippen molar-refractivity contribution in [3.05, 3.63) is 36.9 Å². The average Bonchev–Trinajstić information content (AvgIpc) is 2.88. The van der Waals surface area contributed by atoms with Crippen molar-refractivity contribution in [1.82, 2.24) is 9.88 Å². The Kier molecular flexibility index (Phi) is 4.44. The smallest absolute Gasteiger partial charge is 0.161 e. The summed E-state index contributed by atoms with van der Waals surface area (Å²) < 4.78 is 1.13. The fraction of sp³-hybridized carbons (Fsp3) is 0.273. The van der Waals surface area contributed by atoms with Gasteiger partial charge < -0.3 is 0 Å². The number of halogens is 1. The van der Waals surface area contributed by atoms with E-state index in [9.17, 15) is 4.79 Å². The second kappa shape index (κ2) is 5.86. The lowest BCUT2D eigenvalue weighted by Crippen LogP contribution is -2.16. The standard InChI is InChI=1S/C11H11BrN2OS2/c1-14(4-9-2-8(12)7-16-9)5-11-13-3-10(6-15)17-11/h2-3,6-7H,4-5H2,1H3. The first-order valence-corrected chi connectivity index (χ1v) is 7.47. The molecule has 17 heavy (non-hydrogen) atoms. The van der Waals surface area contributed by atoms with Crippen LogP contribution in [0.3, 0.4) is 0 Å². The van der Waals surface area contributed by atoms with Crippen molar-refractivity contribution in [2.75, 3.05) is 7.05 Å². The number of thiophene rings is 1. The maximum Gasteiger partial charge on any atom is 0.161 e. The number of nitrogens with zero attached hydrogens (tertiary/aromatic N) is 2. The van der Waals surface area contributed by atoms with Gasteiger partial charge in [-0.1, -0.05) is 0 Å². The highest BCUT2D eigenvalue weighted by Crippen LogP contribution is 2.21. The fourth-order valence-corrected chi connectivity index (χ4v) is 3.79. The number of hydrogen-bond donors (Lipinski definition) is 0. The Morgan fingerprint density at radius 2 is 2.35 bits per heavy atom. The summed E-state index contributed by atoms with van der Waals surface area (Å²) in [7, 11) is 2.05. The van der Waals surface area contributed by atoms with Crippen LogP contribution in [0.1, 0.15) is 19.6 Å². The normalized spacial score (nSPS) is 11.0. The summed E-state index contributed by atoms with van der Waals surface area (Å²) in [6.07, 6.45) is 2.47. The third-order valence-corrected chi connectivity index (χ3v) is 4.73. The van der Waals surface area contributed by atoms with Crippen LogP contribution in [0, 0.1) is 0 Å². The molecule has 90 valence electrons. The van der Waals surface area contributed by atoms with Crippen LogP contribution >= 0.6 is 38.6 Å². The van der Waals surface area contributed by atoms with Gasteiger partial charge in [0.2, 0.25) is 0 Å². The molecule has 2 heterocycles. The molecule has 0 aliphatic heterocycles. The Morgan fingerprint density at radius 1 is 1.53 bits per heavy atom. The first-order chi connectivity index (χ1) is 8.17. The van der Waals surface area contributed by atoms with Gasteiger partial charge in [-0.05, 0) is 29.0 Å². The van der Waals surface area contributed by atoms with E-state index in [-0.39, 0.29) is 0 Å². The highest BCUT2D eigenvalue weighted by Gasteiger charge is 2.07. The summed E-state index contributed by atoms with van der Waals surface area (Å²) >= 11 is 6.63. The van der Waals surface area contributed by atoms with Gasteiger partial charge in [0, 0.05) is 27.5 Å². The van der Waals surface area contributed by atoms with E-state index in [0.717, 1.165) is 28.9 Å². The van der Waals surface area contributed by atoms with Gasteiger partial charge in [0.1, 0.15) is 5.01 Å². The molecule has 2 rings (SSSR count). The molecule has 0 aromatic carbocycles. The lowest BCUT2D eigenvalue weighted by molar-refractivity contribution is 0.112. The van der Waals surface area contributed by atoms with Crippen LogP contribution in [0.5, 0.6) is 0 Å². The molecule has 0 bridgehead atoms. The summed E-state index contributed by atoms with van der Waals surface area (Å²) in [5, 5.41) is 3.06. The number of carbonyl (C=O) groups excluding carboxylic acids is 1. The molecule has 0 fully saturated rings. The predicted octanol–water partition coefficient (Wildman–Crippen LogP) is 3.41. The van der Waals surface area contributed by atoms with Crippen molar-refractivity contribution >= 4 is 44.9 Å². The SMILES string of the molecule is CN(Cc1cc(Br)cs1)Cc1ncc(C=O)s1. The van der Waals surface area contributed by atoms with Crippen LogP contribution < -0.4 is 0 Å². The number of carbonyl (C=O) groups is 1. The molecule has 0 unspecified atom stereocenters. The highest BCUT2D eigenvalue weighted by atomic mass is 79.9. The molecule has 0 spiro atoms. The summed E-state index contributed by atoms with van der Waals surface area (Å²) in [5.41, 5.74) is 0. The zero-order valence-corrected chi connectivity index (χ0v) is 12.4. The maximum atomic E-state index is 10.6. The molecule has 2 aromatic heterocycles. The minimum Gasteiger partial charge on any atom is -0.297 e. The summed E-state index contributed by atoms with van der Waals surface area (Å²) in [6.45, 7) is 1.67. The van der Waals surface area contributed by atoms with Gasteiger partial charge in [-0.3, -0.25) is 9.69 Å². The molecule has 3 nitrogen and oxygen atoms in total. The molecule has 0 aliphatic rings. The van der Waals surface area contributed by atoms with Crippen molar-refractivity contribution in [1.29, 1.82) is 0 Å². The van der Waals surface area contributed by atoms with E-state index in [0.29, 0.717) is 4.88 Å². The van der Waals surface area contributed by atoms with E-state index in [4.69, 9.17) is 0 Å². The van der Waals surface area contributed by atoms with Crippen LogP contribution in [0.2, 0.25) is 0 Å². The Morgan fingerprint density at radius 3 is 2.94 bits per heavy atom. The number of rotatable bonds is 5. The summed E-state index contributed by atoms with van der Waals surface area (Å²) in [6, 6.07) is 2.12. The highest BCUT2D eigenvalue weighted by molar-refractivity contribution is 9.10. The van der Waals surface area contributed by atoms with Gasteiger partial charge in [-0.25, -0.2) is 4.98 Å². The quantitative estimate of drug-likeness (QED) is 0.787. The first-order valence-electron chi connectivity index (χ1n) is 4.98. The molecule has 0 saturated heterocycles. The van der Waals surface area contributed by atoms with Gasteiger partial charge in [-0.2, -0.15) is 0 Å². The van der Waals surface area contributed by atoms with Crippen LogP contribution in [0.4, 0.5) is 0 Å². The van der Waals surface area contributed by atoms with Crippen LogP contribution in [0.25, 0.3) is 0 Å². The van der Waals surface area contributed by atoms with Crippen molar-refractivity contribution in [3.63, 3.8) is 0 Å². The molecule has 0 saturated carbocycles. The molecular formula is C11H11BrN2OS2. The molecule has 0 amide bonds. The third-order valence-electron chi connectivity index (χ3n) is 2.14. The molecule has 6 heteroatoms. The maximum absolute atomic E-state index is 10.6. The van der Waals surface area contributed by atoms with Crippen LogP contribution in [-0.4, -0.2) is 23.2 Å². The van der Waals surface area contributed by atoms with Crippen LogP contribution in [0.15, 0.2) is 22.1 Å². The Bertz CT molecular complexity index is 509. The second-order valence-corrected chi connectivity index (χ2v) is 6.74. The molecule has 0 N–H and O–H groups in total. The lowest BCUT2D eigenvalue weighted by atomic mass is 10.4. The minimum atomic E-state index is 0.687. The van der Waals surface area contributed by atoms with E-state index in [1.54, 1.807) is 17.5 Å². The largest absolute Gasteiger partial charge is 0.297 e. The number of aldehydes is 1. The van der Waals surface area contributed by atoms with E-state index in [1.807, 2.05) is 0 Å². The number of thiazole rings is 1. The fourth-order valence-electron chi connectivity index (χ4n) is 1.44. The van der Waals surface area contributed by atoms with E-state index >= 15 is 0 Å². The third kappa shape index (κ3) is 3.70. The van der Waals surface area contributed by atoms with Gasteiger partial charge in [0.05, 0.1) is 11.4 Å². The predicted molar refractivity (Wildman–Crippen MR) is 74.7 cm³/mol. The zero-order chi connectivity index (χ0) is 12.3. The molecule has 2 aromatic rings. The first kappa shape index (κ1) is 12.9. The van der Waals surface area contributed by atoms with Crippen molar-refractivity contribution in [2.24, 2.45) is 0 Å². The summed E-state index contributed by atoms with van der Waals surface area (Å²) in [4.78, 5) is 19.0. The van der Waals surface area contributed by atoms with Crippen molar-refractivity contribution < 1.29 is 4.79 Å². The Hall–Kier alpha value is -0.560. The van der Waals surface area contributed by atoms with Crippen LogP contribution in [-0.2, 0) is 13.1 Å².